The first-order valence-electron chi connectivity index (χ1n) is 6.32. The Labute approximate surface area is 114 Å². The second-order valence-electron chi connectivity index (χ2n) is 4.31. The van der Waals surface area contributed by atoms with Gasteiger partial charge in [0.1, 0.15) is 0 Å². The van der Waals surface area contributed by atoms with E-state index in [0.29, 0.717) is 0 Å². The van der Waals surface area contributed by atoms with E-state index in [4.69, 9.17) is 0 Å². The molecule has 0 saturated heterocycles. The van der Waals surface area contributed by atoms with E-state index >= 15 is 0 Å². The van der Waals surface area contributed by atoms with Crippen LogP contribution in [-0.2, 0) is 0 Å². The first-order chi connectivity index (χ1) is 9.45. The lowest BCUT2D eigenvalue weighted by atomic mass is 10.5. The number of hydrogen-bond acceptors (Lipinski definition) is 0. The lowest BCUT2D eigenvalue weighted by Crippen LogP contribution is -2.83. The summed E-state index contributed by atoms with van der Waals surface area (Å²) in [5, 5.41) is 0. The highest BCUT2D eigenvalue weighted by molar-refractivity contribution is 6.28. The second kappa shape index (κ2) is 5.54. The molecule has 0 radical (unpaired) electrons. The van der Waals surface area contributed by atoms with Gasteiger partial charge in [0.05, 0.1) is 0 Å². The first-order valence-corrected chi connectivity index (χ1v) is 7.87. The highest BCUT2D eigenvalue weighted by Crippen LogP contribution is 1.82. The van der Waals surface area contributed by atoms with Gasteiger partial charge in [0.15, 0.2) is 37.2 Å². The molecule has 0 aliphatic rings. The van der Waals surface area contributed by atoms with Gasteiger partial charge in [-0.25, -0.2) is 0 Å². The molecule has 3 aromatic rings. The molecule has 0 amide bonds. The number of pyridine rings is 3. The monoisotopic (exact) mass is 266 g/mol. The van der Waals surface area contributed by atoms with Crippen molar-refractivity contribution in [3.63, 3.8) is 0 Å². The van der Waals surface area contributed by atoms with Crippen molar-refractivity contribution in [1.82, 2.24) is 0 Å². The fourth-order valence-corrected chi connectivity index (χ4v) is 4.60. The zero-order valence-electron chi connectivity index (χ0n) is 10.6. The first kappa shape index (κ1) is 11.7. The third-order valence-electron chi connectivity index (χ3n) is 3.02. The van der Waals surface area contributed by atoms with Crippen LogP contribution in [0.5, 0.6) is 0 Å². The van der Waals surface area contributed by atoms with Gasteiger partial charge in [0.25, 0.3) is 0 Å². The van der Waals surface area contributed by atoms with E-state index in [-0.39, 0.29) is 0 Å². The fourth-order valence-electron chi connectivity index (χ4n) is 2.16. The largest absolute Gasteiger partial charge is 1.000 e. The van der Waals surface area contributed by atoms with E-state index in [1.165, 1.54) is 0 Å². The summed E-state index contributed by atoms with van der Waals surface area (Å²) >= 11 is 0. The van der Waals surface area contributed by atoms with Crippen molar-refractivity contribution < 1.29 is 12.7 Å². The van der Waals surface area contributed by atoms with Gasteiger partial charge in [0, 0.05) is 36.4 Å². The molecule has 0 unspecified atom stereocenters. The van der Waals surface area contributed by atoms with E-state index in [1.54, 1.807) is 0 Å². The minimum absolute atomic E-state index is 1.56. The topological polar surface area (TPSA) is 11.6 Å². The van der Waals surface area contributed by atoms with Crippen molar-refractivity contribution >= 4 is 9.28 Å². The second-order valence-corrected chi connectivity index (χ2v) is 6.80. The summed E-state index contributed by atoms with van der Waals surface area (Å²) in [4.78, 5) is 0. The maximum atomic E-state index is 2.31. The Balaban J connectivity index is 2.12. The third kappa shape index (κ3) is 2.58. The summed E-state index contributed by atoms with van der Waals surface area (Å²) in [7, 11) is -1.56. The number of rotatable bonds is 3. The molecule has 0 N–H and O–H groups in total. The molecule has 0 aliphatic heterocycles. The predicted molar refractivity (Wildman–Crippen MR) is 73.3 cm³/mol. The summed E-state index contributed by atoms with van der Waals surface area (Å²) in [5.74, 6) is 0. The maximum Gasteiger partial charge on any atom is 1.000 e. The van der Waals surface area contributed by atoms with E-state index in [0.717, 1.165) is 0 Å². The third-order valence-corrected chi connectivity index (χ3v) is 5.65. The van der Waals surface area contributed by atoms with E-state index in [1.807, 2.05) is 18.2 Å². The van der Waals surface area contributed by atoms with Crippen LogP contribution in [0, 0.1) is 0 Å². The molecule has 3 aromatic heterocycles. The van der Waals surface area contributed by atoms with Gasteiger partial charge in [0.2, 0.25) is 0 Å². The molecule has 3 rings (SSSR count). The van der Waals surface area contributed by atoms with Crippen molar-refractivity contribution in [3.05, 3.63) is 91.8 Å². The molecular formula is C15H16N3Si+3. The normalized spacial score (nSPS) is 10.6. The Morgan fingerprint density at radius 2 is 0.632 bits per heavy atom. The zero-order chi connectivity index (χ0) is 12.9. The van der Waals surface area contributed by atoms with Crippen LogP contribution >= 0.6 is 0 Å². The minimum atomic E-state index is -1.56. The van der Waals surface area contributed by atoms with E-state index in [2.05, 4.69) is 86.3 Å². The minimum Gasteiger partial charge on any atom is -0.164 e. The van der Waals surface area contributed by atoms with Gasteiger partial charge in [-0.05, 0) is 0 Å². The Hall–Kier alpha value is -2.33. The van der Waals surface area contributed by atoms with Crippen LogP contribution in [0.4, 0.5) is 0 Å². The quantitative estimate of drug-likeness (QED) is 0.601. The zero-order valence-corrected chi connectivity index (χ0v) is 11.7. The molecule has 0 bridgehead atoms. The Kier molecular flexibility index (Phi) is 3.42. The van der Waals surface area contributed by atoms with Crippen LogP contribution < -0.4 is 12.7 Å². The van der Waals surface area contributed by atoms with Crippen LogP contribution in [0.1, 0.15) is 0 Å². The summed E-state index contributed by atoms with van der Waals surface area (Å²) in [6, 6.07) is 18.6. The standard InChI is InChI=1S/C15H16N3Si/c1-4-10-16(11-5-1)19(17-12-6-2-7-13-17)18-14-8-3-9-15-18/h1-15,19H/q+3. The van der Waals surface area contributed by atoms with Gasteiger partial charge >= 0.3 is 9.28 Å². The van der Waals surface area contributed by atoms with Crippen LogP contribution in [0.3, 0.4) is 0 Å². The molecule has 19 heavy (non-hydrogen) atoms. The van der Waals surface area contributed by atoms with Crippen LogP contribution in [0.2, 0.25) is 0 Å². The SMILES string of the molecule is c1cc[n+]([SiH]([n+]2ccccc2)[n+]2ccccc2)cc1. The van der Waals surface area contributed by atoms with Crippen LogP contribution in [0.25, 0.3) is 0 Å². The van der Waals surface area contributed by atoms with Crippen LogP contribution in [0.15, 0.2) is 91.8 Å². The maximum absolute atomic E-state index is 2.31. The Morgan fingerprint density at radius 1 is 0.368 bits per heavy atom. The lowest BCUT2D eigenvalue weighted by Gasteiger charge is -1.98. The molecule has 3 nitrogen and oxygen atoms in total. The molecule has 3 heterocycles. The van der Waals surface area contributed by atoms with E-state index < -0.39 is 9.28 Å². The molecule has 0 atom stereocenters. The Bertz CT molecular complexity index is 535. The van der Waals surface area contributed by atoms with Crippen molar-refractivity contribution in [2.24, 2.45) is 0 Å². The molecule has 0 saturated carbocycles. The molecule has 4 heteroatoms. The molecule has 0 fully saturated rings. The number of nitrogens with zero attached hydrogens (tertiary/aromatic N) is 3. The molecule has 0 aliphatic carbocycles. The smallest absolute Gasteiger partial charge is 0.164 e. The molecule has 92 valence electrons. The van der Waals surface area contributed by atoms with Crippen molar-refractivity contribution in [2.75, 3.05) is 0 Å². The summed E-state index contributed by atoms with van der Waals surface area (Å²) in [5.41, 5.74) is 0. The number of aromatic nitrogens is 3. The molecule has 0 aromatic carbocycles. The van der Waals surface area contributed by atoms with Crippen molar-refractivity contribution in [3.8, 4) is 0 Å². The van der Waals surface area contributed by atoms with Gasteiger partial charge in [-0.2, -0.15) is 12.7 Å². The molecule has 0 spiro atoms. The van der Waals surface area contributed by atoms with Gasteiger partial charge < -0.3 is 0 Å². The van der Waals surface area contributed by atoms with E-state index in [9.17, 15) is 0 Å². The lowest BCUT2D eigenvalue weighted by molar-refractivity contribution is -0.793. The summed E-state index contributed by atoms with van der Waals surface area (Å²) < 4.78 is 6.92. The highest BCUT2D eigenvalue weighted by atomic mass is 28.3. The Morgan fingerprint density at radius 3 is 0.895 bits per heavy atom. The predicted octanol–water partition coefficient (Wildman–Crippen LogP) is 0.211. The van der Waals surface area contributed by atoms with Gasteiger partial charge in [-0.1, -0.05) is 18.2 Å². The molecular weight excluding hydrogens is 250 g/mol. The van der Waals surface area contributed by atoms with Crippen molar-refractivity contribution in [1.29, 1.82) is 0 Å². The van der Waals surface area contributed by atoms with Crippen molar-refractivity contribution in [2.45, 2.75) is 0 Å². The number of hydrogen-bond donors (Lipinski definition) is 0. The summed E-state index contributed by atoms with van der Waals surface area (Å²) in [6.07, 6.45) is 12.8. The average molecular weight is 266 g/mol. The van der Waals surface area contributed by atoms with Gasteiger partial charge in [-0.3, -0.25) is 0 Å². The van der Waals surface area contributed by atoms with Crippen LogP contribution in [-0.4, -0.2) is 9.28 Å². The van der Waals surface area contributed by atoms with Gasteiger partial charge in [-0.15, -0.1) is 0 Å². The fraction of sp³-hybridized carbons (Fsp3) is 0. The summed E-state index contributed by atoms with van der Waals surface area (Å²) in [6.45, 7) is 0. The average Bonchev–Trinajstić information content (AvgIpc) is 2.51. The highest BCUT2D eigenvalue weighted by Gasteiger charge is 2.51.